The van der Waals surface area contributed by atoms with Crippen LogP contribution in [0.4, 0.5) is 4.79 Å². The quantitative estimate of drug-likeness (QED) is 0.215. The molecule has 0 bridgehead atoms. The van der Waals surface area contributed by atoms with Gasteiger partial charge in [-0.25, -0.2) is 14.8 Å². The fourth-order valence-corrected chi connectivity index (χ4v) is 5.42. The van der Waals surface area contributed by atoms with Crippen LogP contribution in [0.1, 0.15) is 68.7 Å². The van der Waals surface area contributed by atoms with E-state index in [2.05, 4.69) is 45.6 Å². The third kappa shape index (κ3) is 12.7. The lowest BCUT2D eigenvalue weighted by atomic mass is 10.0. The number of hydrogen-bond donors (Lipinski definition) is 1. The number of ether oxygens (including phenoxy) is 3. The lowest BCUT2D eigenvalue weighted by Gasteiger charge is -2.31. The Morgan fingerprint density at radius 1 is 0.720 bits per heavy atom. The molecule has 1 amide bonds. The summed E-state index contributed by atoms with van der Waals surface area (Å²) in [6.07, 6.45) is 11.8. The van der Waals surface area contributed by atoms with Gasteiger partial charge in [-0.3, -0.25) is 0 Å². The van der Waals surface area contributed by atoms with Crippen molar-refractivity contribution in [2.45, 2.75) is 65.9 Å². The van der Waals surface area contributed by atoms with Gasteiger partial charge in [0.2, 0.25) is 11.8 Å². The number of amides is 1. The zero-order valence-corrected chi connectivity index (χ0v) is 30.6. The number of nitrogens with zero attached hydrogens (tertiary/aromatic N) is 3. The molecular formula is C41H49ClN4O4. The lowest BCUT2D eigenvalue weighted by molar-refractivity contribution is 0.0237. The fourth-order valence-electron chi connectivity index (χ4n) is 5.42. The monoisotopic (exact) mass is 696 g/mol. The van der Waals surface area contributed by atoms with Gasteiger partial charge in [-0.15, -0.1) is 12.4 Å². The van der Waals surface area contributed by atoms with E-state index in [1.165, 1.54) is 16.7 Å². The standard InChI is InChI=1S/C23H28N2O3.C18H20N2O.ClH/c1-17-8-9-21(24-16-17)27-20-7-5-6-19(15-20)14-18-10-12-25(13-11-18)22(26)28-23(2,3)4;1-14-5-6-18(20-13-14)21-17-4-2-3-16(12-17)11-15-7-9-19-10-8-15;/h5-9,14-16H,10-13H2,1-4H3;2-6,11-13,19H,7-10H2,1H3;1H. The first-order chi connectivity index (χ1) is 23.6. The van der Waals surface area contributed by atoms with E-state index in [0.29, 0.717) is 24.8 Å². The molecule has 1 N–H and O–H groups in total. The summed E-state index contributed by atoms with van der Waals surface area (Å²) in [6, 6.07) is 23.9. The molecule has 8 nitrogen and oxygen atoms in total. The van der Waals surface area contributed by atoms with Gasteiger partial charge in [0, 0.05) is 37.6 Å². The number of pyridine rings is 2. The van der Waals surface area contributed by atoms with E-state index in [4.69, 9.17) is 14.2 Å². The van der Waals surface area contributed by atoms with Crippen LogP contribution >= 0.6 is 12.4 Å². The van der Waals surface area contributed by atoms with Gasteiger partial charge < -0.3 is 24.4 Å². The highest BCUT2D eigenvalue weighted by molar-refractivity contribution is 5.85. The largest absolute Gasteiger partial charge is 0.444 e. The molecule has 2 aromatic carbocycles. The van der Waals surface area contributed by atoms with Crippen LogP contribution in [0.2, 0.25) is 0 Å². The van der Waals surface area contributed by atoms with Gasteiger partial charge in [0.25, 0.3) is 0 Å². The van der Waals surface area contributed by atoms with Crippen molar-refractivity contribution in [1.82, 2.24) is 20.2 Å². The number of halogens is 1. The fraction of sp³-hybridized carbons (Fsp3) is 0.341. The number of hydrogen-bond acceptors (Lipinski definition) is 7. The minimum atomic E-state index is -0.458. The number of aryl methyl sites for hydroxylation is 2. The SMILES string of the molecule is Cc1ccc(Oc2cccc(C=C3CCN(C(=O)OC(C)(C)C)CC3)c2)nc1.Cc1ccc(Oc2cccc(C=C3CCNCC3)c2)nc1.Cl. The molecule has 0 aliphatic carbocycles. The summed E-state index contributed by atoms with van der Waals surface area (Å²) >= 11 is 0. The van der Waals surface area contributed by atoms with E-state index in [0.717, 1.165) is 67.0 Å². The second-order valence-electron chi connectivity index (χ2n) is 13.5. The maximum absolute atomic E-state index is 12.2. The number of aromatic nitrogens is 2. The van der Waals surface area contributed by atoms with Crippen LogP contribution in [0.5, 0.6) is 23.3 Å². The number of rotatable bonds is 6. The summed E-state index contributed by atoms with van der Waals surface area (Å²) in [6.45, 7) is 13.2. The van der Waals surface area contributed by atoms with Crippen LogP contribution in [0, 0.1) is 13.8 Å². The third-order valence-corrected chi connectivity index (χ3v) is 7.97. The van der Waals surface area contributed by atoms with Crippen molar-refractivity contribution >= 4 is 30.7 Å². The summed E-state index contributed by atoms with van der Waals surface area (Å²) in [4.78, 5) is 22.5. The first-order valence-electron chi connectivity index (χ1n) is 17.1. The van der Waals surface area contributed by atoms with Crippen LogP contribution in [-0.4, -0.2) is 52.7 Å². The van der Waals surface area contributed by atoms with E-state index < -0.39 is 5.60 Å². The maximum Gasteiger partial charge on any atom is 0.410 e. The van der Waals surface area contributed by atoms with E-state index in [1.54, 1.807) is 11.1 Å². The number of piperidine rings is 2. The molecule has 6 rings (SSSR count). The van der Waals surface area contributed by atoms with Crippen molar-refractivity contribution in [3.8, 4) is 23.3 Å². The second kappa shape index (κ2) is 18.4. The highest BCUT2D eigenvalue weighted by Gasteiger charge is 2.24. The predicted molar refractivity (Wildman–Crippen MR) is 203 cm³/mol. The van der Waals surface area contributed by atoms with Crippen molar-refractivity contribution in [1.29, 1.82) is 0 Å². The van der Waals surface area contributed by atoms with Crippen molar-refractivity contribution < 1.29 is 19.0 Å². The molecule has 2 aromatic heterocycles. The number of carbonyl (C=O) groups excluding carboxylic acids is 1. The van der Waals surface area contributed by atoms with E-state index in [1.807, 2.05) is 95.4 Å². The summed E-state index contributed by atoms with van der Waals surface area (Å²) in [7, 11) is 0. The predicted octanol–water partition coefficient (Wildman–Crippen LogP) is 9.97. The van der Waals surface area contributed by atoms with Gasteiger partial charge in [0.1, 0.15) is 17.1 Å². The first kappa shape index (κ1) is 38.1. The Hall–Kier alpha value is -4.66. The van der Waals surface area contributed by atoms with E-state index in [9.17, 15) is 4.79 Å². The zero-order chi connectivity index (χ0) is 34.6. The molecule has 4 heterocycles. The van der Waals surface area contributed by atoms with Crippen LogP contribution in [-0.2, 0) is 4.74 Å². The van der Waals surface area contributed by atoms with Crippen molar-refractivity contribution in [2.75, 3.05) is 26.2 Å². The van der Waals surface area contributed by atoms with Gasteiger partial charge in [-0.2, -0.15) is 0 Å². The Morgan fingerprint density at radius 3 is 1.64 bits per heavy atom. The highest BCUT2D eigenvalue weighted by Crippen LogP contribution is 2.26. The highest BCUT2D eigenvalue weighted by atomic mass is 35.5. The first-order valence-corrected chi connectivity index (χ1v) is 17.1. The van der Waals surface area contributed by atoms with Crippen molar-refractivity contribution in [3.05, 3.63) is 119 Å². The molecule has 264 valence electrons. The molecule has 2 saturated heterocycles. The second-order valence-corrected chi connectivity index (χ2v) is 13.5. The van der Waals surface area contributed by atoms with Crippen molar-refractivity contribution in [2.24, 2.45) is 0 Å². The van der Waals surface area contributed by atoms with Crippen molar-refractivity contribution in [3.63, 3.8) is 0 Å². The Labute approximate surface area is 303 Å². The van der Waals surface area contributed by atoms with Gasteiger partial charge >= 0.3 is 6.09 Å². The minimum absolute atomic E-state index is 0. The summed E-state index contributed by atoms with van der Waals surface area (Å²) in [5.41, 5.74) is 6.88. The van der Waals surface area contributed by atoms with E-state index >= 15 is 0 Å². The molecule has 0 atom stereocenters. The zero-order valence-electron chi connectivity index (χ0n) is 29.8. The molecule has 0 unspecified atom stereocenters. The summed E-state index contributed by atoms with van der Waals surface area (Å²) < 4.78 is 17.1. The Balaban J connectivity index is 0.000000229. The maximum atomic E-state index is 12.2. The van der Waals surface area contributed by atoms with Crippen LogP contribution in [0.25, 0.3) is 12.2 Å². The van der Waals surface area contributed by atoms with Gasteiger partial charge in [-0.1, -0.05) is 59.7 Å². The molecule has 2 aliphatic heterocycles. The molecule has 9 heteroatoms. The van der Waals surface area contributed by atoms with Gasteiger partial charge in [0.05, 0.1) is 0 Å². The average Bonchev–Trinajstić information content (AvgIpc) is 3.08. The molecule has 50 heavy (non-hydrogen) atoms. The van der Waals surface area contributed by atoms with Gasteiger partial charge in [-0.05, 0) is 120 Å². The Bertz CT molecular complexity index is 1730. The summed E-state index contributed by atoms with van der Waals surface area (Å²) in [5, 5.41) is 3.38. The third-order valence-electron chi connectivity index (χ3n) is 7.97. The summed E-state index contributed by atoms with van der Waals surface area (Å²) in [5.74, 6) is 2.81. The van der Waals surface area contributed by atoms with Gasteiger partial charge in [0.15, 0.2) is 0 Å². The van der Waals surface area contributed by atoms with Crippen LogP contribution in [0.15, 0.2) is 96.3 Å². The number of benzene rings is 2. The number of carbonyl (C=O) groups is 1. The molecule has 0 spiro atoms. The minimum Gasteiger partial charge on any atom is -0.444 e. The Morgan fingerprint density at radius 2 is 1.20 bits per heavy atom. The molecular weight excluding hydrogens is 648 g/mol. The lowest BCUT2D eigenvalue weighted by Crippen LogP contribution is -2.40. The van der Waals surface area contributed by atoms with Crippen LogP contribution in [0.3, 0.4) is 0 Å². The molecule has 0 radical (unpaired) electrons. The van der Waals surface area contributed by atoms with E-state index in [-0.39, 0.29) is 18.5 Å². The molecule has 0 saturated carbocycles. The van der Waals surface area contributed by atoms with Crippen LogP contribution < -0.4 is 14.8 Å². The normalized spacial score (nSPS) is 14.4. The number of likely N-dealkylation sites (tertiary alicyclic amines) is 1. The topological polar surface area (TPSA) is 85.8 Å². The Kier molecular flexibility index (Phi) is 14.0. The smallest absolute Gasteiger partial charge is 0.410 e. The molecule has 2 fully saturated rings. The number of nitrogens with one attached hydrogen (secondary N) is 1. The molecule has 4 aromatic rings. The average molecular weight is 697 g/mol. The molecule has 2 aliphatic rings.